The standard InChI is InChI=1S/C20H21.2ClH.Zr/c1-20(2,3)14-15-12-17-10-7-11-18(19(17)13-15)16-8-5-4-6-9-16;;;/h4-13H,14H2,1-3H3;2*1H;/q-1;;;+2/p-2. The van der Waals surface area contributed by atoms with Gasteiger partial charge in [0.1, 0.15) is 0 Å². The summed E-state index contributed by atoms with van der Waals surface area (Å²) in [6.07, 6.45) is 1.12. The van der Waals surface area contributed by atoms with E-state index in [1.165, 1.54) is 27.5 Å². The number of rotatable bonds is 2. The summed E-state index contributed by atoms with van der Waals surface area (Å²) in [7, 11) is 9.87. The summed E-state index contributed by atoms with van der Waals surface area (Å²) in [5, 5.41) is 2.73. The van der Waals surface area contributed by atoms with E-state index in [0.29, 0.717) is 5.41 Å². The van der Waals surface area contributed by atoms with E-state index in [9.17, 15) is 0 Å². The number of fused-ring (bicyclic) bond motifs is 1. The Morgan fingerprint density at radius 3 is 2.22 bits per heavy atom. The van der Waals surface area contributed by atoms with Gasteiger partial charge in [-0.15, -0.1) is 34.5 Å². The van der Waals surface area contributed by atoms with E-state index < -0.39 is 20.8 Å². The van der Waals surface area contributed by atoms with Crippen LogP contribution in [-0.2, 0) is 27.3 Å². The molecule has 0 nitrogen and oxygen atoms in total. The van der Waals surface area contributed by atoms with E-state index in [1.54, 1.807) is 0 Å². The molecule has 3 rings (SSSR count). The van der Waals surface area contributed by atoms with Crippen LogP contribution in [0.4, 0.5) is 0 Å². The third kappa shape index (κ3) is 5.52. The Kier molecular flexibility index (Phi) is 7.02. The Hall–Kier alpha value is -0.487. The monoisotopic (exact) mass is 421 g/mol. The minimum atomic E-state index is -0.826. The summed E-state index contributed by atoms with van der Waals surface area (Å²) < 4.78 is 0. The summed E-state index contributed by atoms with van der Waals surface area (Å²) in [5.74, 6) is 0. The Morgan fingerprint density at radius 2 is 1.61 bits per heavy atom. The van der Waals surface area contributed by atoms with Crippen LogP contribution >= 0.6 is 17.0 Å². The molecule has 0 aromatic heterocycles. The van der Waals surface area contributed by atoms with Crippen LogP contribution in [-0.4, -0.2) is 0 Å². The van der Waals surface area contributed by atoms with Gasteiger partial charge in [0.25, 0.3) is 0 Å². The summed E-state index contributed by atoms with van der Waals surface area (Å²) in [6, 6.07) is 21.9. The van der Waals surface area contributed by atoms with E-state index in [1.807, 2.05) is 0 Å². The zero-order chi connectivity index (χ0) is 16.9. The van der Waals surface area contributed by atoms with Gasteiger partial charge in [-0.1, -0.05) is 62.7 Å². The molecule has 3 aromatic rings. The van der Waals surface area contributed by atoms with E-state index in [-0.39, 0.29) is 0 Å². The molecule has 0 saturated heterocycles. The SMILES string of the molecule is CC(C)(C)Cc1cc2c(-c3ccccc3)cccc2[cH-]1.[Cl][Zr][Cl]. The molecule has 0 unspecified atom stereocenters. The summed E-state index contributed by atoms with van der Waals surface area (Å²) in [6.45, 7) is 6.88. The molecule has 0 spiro atoms. The second kappa shape index (κ2) is 8.56. The van der Waals surface area contributed by atoms with Gasteiger partial charge in [0, 0.05) is 0 Å². The Morgan fingerprint density at radius 1 is 0.957 bits per heavy atom. The predicted octanol–water partition coefficient (Wildman–Crippen LogP) is 7.19. The van der Waals surface area contributed by atoms with E-state index in [4.69, 9.17) is 17.0 Å². The zero-order valence-corrected chi connectivity index (χ0v) is 17.7. The van der Waals surface area contributed by atoms with Crippen LogP contribution in [0.2, 0.25) is 0 Å². The fraction of sp³-hybridized carbons (Fsp3) is 0.250. The van der Waals surface area contributed by atoms with Gasteiger partial charge in [-0.3, -0.25) is 0 Å². The van der Waals surface area contributed by atoms with E-state index >= 15 is 0 Å². The maximum atomic E-state index is 4.93. The van der Waals surface area contributed by atoms with Gasteiger partial charge in [-0.25, -0.2) is 0 Å². The number of benzene rings is 2. The van der Waals surface area contributed by atoms with Crippen molar-refractivity contribution in [3.63, 3.8) is 0 Å². The third-order valence-electron chi connectivity index (χ3n) is 3.63. The molecule has 0 radical (unpaired) electrons. The Labute approximate surface area is 157 Å². The quantitative estimate of drug-likeness (QED) is 0.383. The van der Waals surface area contributed by atoms with E-state index in [0.717, 1.165) is 6.42 Å². The van der Waals surface area contributed by atoms with Crippen molar-refractivity contribution in [2.45, 2.75) is 27.2 Å². The van der Waals surface area contributed by atoms with Crippen LogP contribution in [0.25, 0.3) is 21.9 Å². The zero-order valence-electron chi connectivity index (χ0n) is 13.7. The average Bonchev–Trinajstić information content (AvgIpc) is 2.88. The van der Waals surface area contributed by atoms with Gasteiger partial charge in [0.05, 0.1) is 0 Å². The number of hydrogen-bond donors (Lipinski definition) is 0. The van der Waals surface area contributed by atoms with Gasteiger partial charge in [0.15, 0.2) is 0 Å². The first-order valence-corrected chi connectivity index (χ1v) is 14.0. The van der Waals surface area contributed by atoms with Gasteiger partial charge in [-0.05, 0) is 17.4 Å². The van der Waals surface area contributed by atoms with Crippen molar-refractivity contribution >= 4 is 27.8 Å². The molecule has 0 amide bonds. The van der Waals surface area contributed by atoms with Crippen LogP contribution in [0.1, 0.15) is 26.3 Å². The molecule has 0 saturated carbocycles. The second-order valence-electron chi connectivity index (χ2n) is 6.85. The average molecular weight is 424 g/mol. The molecule has 120 valence electrons. The molecule has 23 heavy (non-hydrogen) atoms. The van der Waals surface area contributed by atoms with E-state index in [2.05, 4.69) is 81.4 Å². The van der Waals surface area contributed by atoms with Crippen LogP contribution in [0, 0.1) is 5.41 Å². The molecule has 3 aromatic carbocycles. The van der Waals surface area contributed by atoms with Crippen LogP contribution in [0.3, 0.4) is 0 Å². The summed E-state index contributed by atoms with van der Waals surface area (Å²) in [4.78, 5) is 0. The Balaban J connectivity index is 0.000000595. The molecule has 0 aliphatic rings. The third-order valence-corrected chi connectivity index (χ3v) is 3.63. The van der Waals surface area contributed by atoms with Crippen molar-refractivity contribution in [2.75, 3.05) is 0 Å². The first-order valence-electron chi connectivity index (χ1n) is 7.64. The molecule has 0 fully saturated rings. The van der Waals surface area contributed by atoms with Crippen molar-refractivity contribution in [3.05, 3.63) is 66.2 Å². The fourth-order valence-corrected chi connectivity index (χ4v) is 2.88. The molecular weight excluding hydrogens is 402 g/mol. The number of halogens is 2. The van der Waals surface area contributed by atoms with Crippen molar-refractivity contribution in [3.8, 4) is 11.1 Å². The number of hydrogen-bond acceptors (Lipinski definition) is 0. The molecule has 3 heteroatoms. The first kappa shape index (κ1) is 18.8. The van der Waals surface area contributed by atoms with Crippen LogP contribution < -0.4 is 0 Å². The van der Waals surface area contributed by atoms with Gasteiger partial charge < -0.3 is 0 Å². The Bertz CT molecular complexity index is 739. The molecule has 0 N–H and O–H groups in total. The summed E-state index contributed by atoms with van der Waals surface area (Å²) >= 11 is -0.826. The van der Waals surface area contributed by atoms with Crippen LogP contribution in [0.5, 0.6) is 0 Å². The minimum absolute atomic E-state index is 0.331. The molecule has 0 bridgehead atoms. The summed E-state index contributed by atoms with van der Waals surface area (Å²) in [5.41, 5.74) is 4.40. The molecule has 0 aliphatic heterocycles. The second-order valence-corrected chi connectivity index (χ2v) is 10.6. The van der Waals surface area contributed by atoms with Crippen molar-refractivity contribution in [1.82, 2.24) is 0 Å². The van der Waals surface area contributed by atoms with Gasteiger partial charge in [0.2, 0.25) is 0 Å². The van der Waals surface area contributed by atoms with Gasteiger partial charge in [-0.2, -0.15) is 6.07 Å². The van der Waals surface area contributed by atoms with Crippen molar-refractivity contribution < 1.29 is 20.8 Å². The molecular formula is C20H21Cl2Zr-. The normalized spacial score (nSPS) is 11.0. The van der Waals surface area contributed by atoms with Gasteiger partial charge >= 0.3 is 37.9 Å². The molecule has 0 heterocycles. The maximum absolute atomic E-state index is 4.93. The fourth-order valence-electron chi connectivity index (χ4n) is 2.88. The van der Waals surface area contributed by atoms with Crippen molar-refractivity contribution in [2.24, 2.45) is 5.41 Å². The van der Waals surface area contributed by atoms with Crippen LogP contribution in [0.15, 0.2) is 60.7 Å². The molecule has 0 aliphatic carbocycles. The topological polar surface area (TPSA) is 0 Å². The predicted molar refractivity (Wildman–Crippen MR) is 99.8 cm³/mol. The molecule has 0 atom stereocenters. The van der Waals surface area contributed by atoms with Crippen molar-refractivity contribution in [1.29, 1.82) is 0 Å². The first-order chi connectivity index (χ1) is 10.9.